The Labute approximate surface area is 205 Å². The third kappa shape index (κ3) is 8.62. The molecule has 2 atom stereocenters. The van der Waals surface area contributed by atoms with Gasteiger partial charge in [-0.15, -0.1) is 0 Å². The molecular formula is C26H31N2O6P. The van der Waals surface area contributed by atoms with E-state index in [9.17, 15) is 9.36 Å². The molecular weight excluding hydrogens is 467 g/mol. The first-order chi connectivity index (χ1) is 16.5. The van der Waals surface area contributed by atoms with Crippen molar-refractivity contribution in [3.63, 3.8) is 0 Å². The van der Waals surface area contributed by atoms with Gasteiger partial charge in [-0.2, -0.15) is 0 Å². The van der Waals surface area contributed by atoms with Crippen LogP contribution in [0.1, 0.15) is 25.8 Å². The van der Waals surface area contributed by atoms with Crippen LogP contribution >= 0.6 is 7.82 Å². The first-order valence-corrected chi connectivity index (χ1v) is 12.8. The fourth-order valence-corrected chi connectivity index (χ4v) is 3.77. The predicted molar refractivity (Wildman–Crippen MR) is 136 cm³/mol. The van der Waals surface area contributed by atoms with Gasteiger partial charge in [-0.25, -0.2) is 4.57 Å². The first-order valence-electron chi connectivity index (χ1n) is 11.2. The maximum atomic E-state index is 12.3. The van der Waals surface area contributed by atoms with Gasteiger partial charge in [0.2, 0.25) is 5.91 Å². The number of amides is 1. The maximum absolute atomic E-state index is 12.3. The van der Waals surface area contributed by atoms with E-state index >= 15 is 0 Å². The van der Waals surface area contributed by atoms with E-state index in [-0.39, 0.29) is 6.10 Å². The fraction of sp³-hybridized carbons (Fsp3) is 0.269. The number of ether oxygens (including phenoxy) is 1. The molecule has 3 rings (SSSR count). The lowest BCUT2D eigenvalue weighted by Gasteiger charge is -2.23. The van der Waals surface area contributed by atoms with Gasteiger partial charge in [-0.3, -0.25) is 9.32 Å². The summed E-state index contributed by atoms with van der Waals surface area (Å²) in [4.78, 5) is 29.9. The standard InChI is InChI=1S/C26H31N2O6P/c1-19(8-9-20-10-12-22(13-11-20)21-6-4-3-5-7-21)34-24-16-14-23(15-17-24)28-25(29)26(2,27)18-33-35(30,31)32/h3-7,10-17,19H,8-9,18,27H2,1-2H3,(H,28,29)(H2,30,31,32). The number of hydrogen-bond acceptors (Lipinski definition) is 5. The largest absolute Gasteiger partial charge is 0.491 e. The van der Waals surface area contributed by atoms with Crippen LogP contribution in [0.5, 0.6) is 5.75 Å². The van der Waals surface area contributed by atoms with Crippen LogP contribution in [0.15, 0.2) is 78.9 Å². The SMILES string of the molecule is CC(CCc1ccc(-c2ccccc2)cc1)Oc1ccc(NC(=O)C(C)(N)COP(=O)(O)O)cc1. The molecule has 5 N–H and O–H groups in total. The summed E-state index contributed by atoms with van der Waals surface area (Å²) in [5, 5.41) is 2.61. The number of nitrogens with two attached hydrogens (primary N) is 1. The van der Waals surface area contributed by atoms with Crippen molar-refractivity contribution in [2.24, 2.45) is 5.73 Å². The van der Waals surface area contributed by atoms with E-state index in [0.717, 1.165) is 12.8 Å². The minimum atomic E-state index is -4.72. The summed E-state index contributed by atoms with van der Waals surface area (Å²) >= 11 is 0. The molecule has 35 heavy (non-hydrogen) atoms. The van der Waals surface area contributed by atoms with Gasteiger partial charge in [-0.05, 0) is 67.6 Å². The normalized spacial score (nSPS) is 14.1. The summed E-state index contributed by atoms with van der Waals surface area (Å²) in [7, 11) is -4.72. The molecule has 0 aliphatic rings. The summed E-state index contributed by atoms with van der Waals surface area (Å²) < 4.78 is 21.2. The van der Waals surface area contributed by atoms with Crippen molar-refractivity contribution in [3.05, 3.63) is 84.4 Å². The van der Waals surface area contributed by atoms with E-state index in [1.807, 2.05) is 25.1 Å². The third-order valence-electron chi connectivity index (χ3n) is 5.40. The van der Waals surface area contributed by atoms with Crippen molar-refractivity contribution >= 4 is 19.4 Å². The molecule has 0 saturated heterocycles. The van der Waals surface area contributed by atoms with E-state index in [1.54, 1.807) is 24.3 Å². The molecule has 0 aliphatic carbocycles. The molecule has 0 bridgehead atoms. The van der Waals surface area contributed by atoms with Crippen LogP contribution in [-0.2, 0) is 20.3 Å². The van der Waals surface area contributed by atoms with Crippen LogP contribution < -0.4 is 15.8 Å². The van der Waals surface area contributed by atoms with E-state index in [4.69, 9.17) is 20.3 Å². The van der Waals surface area contributed by atoms with Crippen LogP contribution in [0.3, 0.4) is 0 Å². The van der Waals surface area contributed by atoms with E-state index < -0.39 is 25.9 Å². The van der Waals surface area contributed by atoms with Gasteiger partial charge in [0, 0.05) is 5.69 Å². The zero-order valence-electron chi connectivity index (χ0n) is 19.8. The molecule has 2 unspecified atom stereocenters. The number of nitrogens with one attached hydrogen (secondary N) is 1. The first kappa shape index (κ1) is 26.6. The molecule has 1 amide bonds. The van der Waals surface area contributed by atoms with E-state index in [0.29, 0.717) is 11.4 Å². The molecule has 0 aromatic heterocycles. The summed E-state index contributed by atoms with van der Waals surface area (Å²) in [5.41, 5.74) is 8.30. The van der Waals surface area contributed by atoms with Crippen molar-refractivity contribution in [1.29, 1.82) is 0 Å². The van der Waals surface area contributed by atoms with Crippen LogP contribution in [0, 0.1) is 0 Å². The van der Waals surface area contributed by atoms with Gasteiger partial charge >= 0.3 is 7.82 Å². The minimum absolute atomic E-state index is 0.0126. The Morgan fingerprint density at radius 3 is 2.20 bits per heavy atom. The van der Waals surface area contributed by atoms with Crippen molar-refractivity contribution in [2.45, 2.75) is 38.3 Å². The Kier molecular flexibility index (Phi) is 8.83. The van der Waals surface area contributed by atoms with Crippen molar-refractivity contribution in [1.82, 2.24) is 0 Å². The number of rotatable bonds is 11. The maximum Gasteiger partial charge on any atom is 0.469 e. The lowest BCUT2D eigenvalue weighted by atomic mass is 10.0. The molecule has 0 spiro atoms. The number of phosphoric ester groups is 1. The highest BCUT2D eigenvalue weighted by Gasteiger charge is 2.32. The van der Waals surface area contributed by atoms with Gasteiger partial charge in [-0.1, -0.05) is 54.6 Å². The van der Waals surface area contributed by atoms with Crippen molar-refractivity contribution in [2.75, 3.05) is 11.9 Å². The van der Waals surface area contributed by atoms with Gasteiger partial charge in [0.1, 0.15) is 11.3 Å². The Morgan fingerprint density at radius 2 is 1.60 bits per heavy atom. The number of hydrogen-bond donors (Lipinski definition) is 4. The van der Waals surface area contributed by atoms with Crippen LogP contribution in [0.2, 0.25) is 0 Å². The summed E-state index contributed by atoms with van der Waals surface area (Å²) in [6.45, 7) is 2.71. The average molecular weight is 499 g/mol. The topological polar surface area (TPSA) is 131 Å². The number of carbonyl (C=O) groups is 1. The van der Waals surface area contributed by atoms with Gasteiger partial charge in [0.05, 0.1) is 12.7 Å². The van der Waals surface area contributed by atoms with Gasteiger partial charge in [0.25, 0.3) is 0 Å². The quantitative estimate of drug-likeness (QED) is 0.286. The molecule has 0 heterocycles. The second-order valence-electron chi connectivity index (χ2n) is 8.69. The fourth-order valence-electron chi connectivity index (χ4n) is 3.33. The van der Waals surface area contributed by atoms with E-state index in [2.05, 4.69) is 46.2 Å². The Hall–Kier alpha value is -3.00. The molecule has 9 heteroatoms. The van der Waals surface area contributed by atoms with Crippen LogP contribution in [0.25, 0.3) is 11.1 Å². The second kappa shape index (κ2) is 11.6. The number of phosphoric acid groups is 1. The Bertz CT molecular complexity index is 1140. The zero-order chi connectivity index (χ0) is 25.5. The van der Waals surface area contributed by atoms with Crippen LogP contribution in [-0.4, -0.2) is 33.9 Å². The monoisotopic (exact) mass is 498 g/mol. The minimum Gasteiger partial charge on any atom is -0.491 e. The lowest BCUT2D eigenvalue weighted by Crippen LogP contribution is -2.52. The van der Waals surface area contributed by atoms with Gasteiger partial charge < -0.3 is 25.6 Å². The third-order valence-corrected chi connectivity index (χ3v) is 5.87. The number of benzene rings is 3. The summed E-state index contributed by atoms with van der Waals surface area (Å²) in [6.07, 6.45) is 1.71. The van der Waals surface area contributed by atoms with Gasteiger partial charge in [0.15, 0.2) is 0 Å². The lowest BCUT2D eigenvalue weighted by molar-refractivity contribution is -0.121. The Balaban J connectivity index is 1.47. The van der Waals surface area contributed by atoms with Crippen LogP contribution in [0.4, 0.5) is 5.69 Å². The van der Waals surface area contributed by atoms with Crippen molar-refractivity contribution in [3.8, 4) is 16.9 Å². The average Bonchev–Trinajstić information content (AvgIpc) is 2.83. The molecule has 0 radical (unpaired) electrons. The van der Waals surface area contributed by atoms with Crippen molar-refractivity contribution < 1.29 is 28.4 Å². The molecule has 3 aromatic rings. The molecule has 0 saturated carbocycles. The number of anilines is 1. The molecule has 0 aliphatic heterocycles. The predicted octanol–water partition coefficient (Wildman–Crippen LogP) is 4.52. The zero-order valence-corrected chi connectivity index (χ0v) is 20.7. The second-order valence-corrected chi connectivity index (χ2v) is 9.93. The number of aryl methyl sites for hydroxylation is 1. The Morgan fingerprint density at radius 1 is 1.00 bits per heavy atom. The smallest absolute Gasteiger partial charge is 0.469 e. The molecule has 3 aromatic carbocycles. The molecule has 8 nitrogen and oxygen atoms in total. The highest BCUT2D eigenvalue weighted by atomic mass is 31.2. The summed E-state index contributed by atoms with van der Waals surface area (Å²) in [6, 6.07) is 25.6. The summed E-state index contributed by atoms with van der Waals surface area (Å²) in [5.74, 6) is 0.0292. The number of carbonyl (C=O) groups excluding carboxylic acids is 1. The van der Waals surface area contributed by atoms with E-state index in [1.165, 1.54) is 23.6 Å². The molecule has 186 valence electrons. The highest BCUT2D eigenvalue weighted by Crippen LogP contribution is 2.36. The molecule has 0 fully saturated rings. The highest BCUT2D eigenvalue weighted by molar-refractivity contribution is 7.46.